The fourth-order valence-corrected chi connectivity index (χ4v) is 1.04. The molecular formula is C4H3F2N3OS. The average molecular weight is 179 g/mol. The minimum atomic E-state index is -2.80. The first-order valence-electron chi connectivity index (χ1n) is 2.53. The number of hydrogen-bond acceptors (Lipinski definition) is 4. The quantitative estimate of drug-likeness (QED) is 0.721. The van der Waals surface area contributed by atoms with Crippen molar-refractivity contribution in [2.45, 2.75) is 6.43 Å². The fraction of sp³-hybridized carbons (Fsp3) is 0.250. The zero-order chi connectivity index (χ0) is 8.43. The van der Waals surface area contributed by atoms with E-state index in [4.69, 9.17) is 5.73 Å². The maximum Gasteiger partial charge on any atom is 0.283 e. The summed E-state index contributed by atoms with van der Waals surface area (Å²) in [7, 11) is 0. The molecule has 2 N–H and O–H groups in total. The predicted octanol–water partition coefficient (Wildman–Crippen LogP) is 0.575. The van der Waals surface area contributed by atoms with Gasteiger partial charge in [0.25, 0.3) is 12.3 Å². The largest absolute Gasteiger partial charge is 0.365 e. The zero-order valence-corrected chi connectivity index (χ0v) is 5.94. The molecule has 11 heavy (non-hydrogen) atoms. The number of primary amides is 1. The lowest BCUT2D eigenvalue weighted by Gasteiger charge is -1.92. The Kier molecular flexibility index (Phi) is 2.08. The highest BCUT2D eigenvalue weighted by molar-refractivity contribution is 7.07. The van der Waals surface area contributed by atoms with Gasteiger partial charge in [0.2, 0.25) is 0 Å². The summed E-state index contributed by atoms with van der Waals surface area (Å²) in [5.74, 6) is -0.921. The number of alkyl halides is 2. The van der Waals surface area contributed by atoms with Gasteiger partial charge in [0.15, 0.2) is 5.69 Å². The Balaban J connectivity index is 3.06. The van der Waals surface area contributed by atoms with Crippen molar-refractivity contribution in [2.24, 2.45) is 5.73 Å². The van der Waals surface area contributed by atoms with Crippen molar-refractivity contribution < 1.29 is 13.6 Å². The van der Waals surface area contributed by atoms with E-state index in [9.17, 15) is 13.6 Å². The summed E-state index contributed by atoms with van der Waals surface area (Å²) in [6.45, 7) is 0. The van der Waals surface area contributed by atoms with Gasteiger partial charge in [0.1, 0.15) is 4.88 Å². The first-order valence-corrected chi connectivity index (χ1v) is 3.30. The molecule has 0 unspecified atom stereocenters. The van der Waals surface area contributed by atoms with Crippen LogP contribution in [-0.2, 0) is 0 Å². The Hall–Kier alpha value is -1.11. The molecule has 0 aliphatic rings. The number of hydrogen-bond donors (Lipinski definition) is 1. The summed E-state index contributed by atoms with van der Waals surface area (Å²) in [4.78, 5) is 10.1. The van der Waals surface area contributed by atoms with Crippen molar-refractivity contribution in [1.29, 1.82) is 0 Å². The zero-order valence-electron chi connectivity index (χ0n) is 5.12. The number of carbonyl (C=O) groups is 1. The highest BCUT2D eigenvalue weighted by Gasteiger charge is 2.20. The van der Waals surface area contributed by atoms with Crippen molar-refractivity contribution in [3.05, 3.63) is 10.6 Å². The average Bonchev–Trinajstić information content (AvgIpc) is 2.32. The van der Waals surface area contributed by atoms with E-state index in [0.717, 1.165) is 0 Å². The van der Waals surface area contributed by atoms with Crippen molar-refractivity contribution in [3.8, 4) is 0 Å². The lowest BCUT2D eigenvalue weighted by Crippen LogP contribution is -2.11. The van der Waals surface area contributed by atoms with Crippen LogP contribution in [-0.4, -0.2) is 15.5 Å². The predicted molar refractivity (Wildman–Crippen MR) is 33.4 cm³/mol. The molecule has 7 heteroatoms. The molecule has 0 aliphatic carbocycles. The van der Waals surface area contributed by atoms with Crippen molar-refractivity contribution >= 4 is 17.4 Å². The van der Waals surface area contributed by atoms with Crippen molar-refractivity contribution in [2.75, 3.05) is 0 Å². The highest BCUT2D eigenvalue weighted by Crippen LogP contribution is 2.21. The highest BCUT2D eigenvalue weighted by atomic mass is 32.1. The SMILES string of the molecule is NC(=O)c1snnc1C(F)F. The number of halogens is 2. The first-order chi connectivity index (χ1) is 5.13. The molecule has 1 heterocycles. The van der Waals surface area contributed by atoms with E-state index in [0.29, 0.717) is 11.5 Å². The summed E-state index contributed by atoms with van der Waals surface area (Å²) in [6.07, 6.45) is -2.80. The number of nitrogens with two attached hydrogens (primary N) is 1. The number of rotatable bonds is 2. The van der Waals surface area contributed by atoms with Crippen molar-refractivity contribution in [3.63, 3.8) is 0 Å². The molecule has 0 radical (unpaired) electrons. The Morgan fingerprint density at radius 1 is 1.64 bits per heavy atom. The fourth-order valence-electron chi connectivity index (χ4n) is 0.511. The van der Waals surface area contributed by atoms with Crippen LogP contribution in [0.3, 0.4) is 0 Å². The van der Waals surface area contributed by atoms with Gasteiger partial charge in [-0.05, 0) is 11.5 Å². The van der Waals surface area contributed by atoms with Crippen LogP contribution in [0.15, 0.2) is 0 Å². The standard InChI is InChI=1S/C4H3F2N3OS/c5-3(6)1-2(4(7)10)11-9-8-1/h3H,(H2,7,10). The smallest absolute Gasteiger partial charge is 0.283 e. The molecule has 60 valence electrons. The van der Waals surface area contributed by atoms with Crippen LogP contribution in [0.1, 0.15) is 21.8 Å². The molecule has 1 aromatic rings. The molecule has 0 saturated heterocycles. The summed E-state index contributed by atoms with van der Waals surface area (Å²) in [6, 6.07) is 0. The molecule has 0 saturated carbocycles. The van der Waals surface area contributed by atoms with E-state index in [1.807, 2.05) is 0 Å². The minimum absolute atomic E-state index is 0.278. The molecule has 1 amide bonds. The van der Waals surface area contributed by atoms with Gasteiger partial charge in [0.05, 0.1) is 0 Å². The van der Waals surface area contributed by atoms with Gasteiger partial charge in [-0.1, -0.05) is 4.49 Å². The van der Waals surface area contributed by atoms with Crippen LogP contribution in [0.2, 0.25) is 0 Å². The summed E-state index contributed by atoms with van der Waals surface area (Å²) in [5.41, 5.74) is 4.12. The van der Waals surface area contributed by atoms with Crippen molar-refractivity contribution in [1.82, 2.24) is 9.59 Å². The van der Waals surface area contributed by atoms with E-state index in [-0.39, 0.29) is 4.88 Å². The van der Waals surface area contributed by atoms with E-state index >= 15 is 0 Å². The third-order valence-electron chi connectivity index (χ3n) is 0.944. The minimum Gasteiger partial charge on any atom is -0.365 e. The van der Waals surface area contributed by atoms with Crippen LogP contribution in [0.4, 0.5) is 8.78 Å². The van der Waals surface area contributed by atoms with Gasteiger partial charge < -0.3 is 5.73 Å². The van der Waals surface area contributed by atoms with Crippen LogP contribution in [0.25, 0.3) is 0 Å². The van der Waals surface area contributed by atoms with Crippen LogP contribution in [0, 0.1) is 0 Å². The van der Waals surface area contributed by atoms with Crippen LogP contribution in [0.5, 0.6) is 0 Å². The number of carbonyl (C=O) groups excluding carboxylic acids is 1. The Labute approximate surface area is 64.2 Å². The lowest BCUT2D eigenvalue weighted by molar-refractivity contribution is 0.0988. The molecule has 1 rings (SSSR count). The lowest BCUT2D eigenvalue weighted by atomic mass is 10.4. The van der Waals surface area contributed by atoms with Crippen LogP contribution < -0.4 is 5.73 Å². The molecule has 0 spiro atoms. The van der Waals surface area contributed by atoms with E-state index in [2.05, 4.69) is 9.59 Å². The second-order valence-electron chi connectivity index (χ2n) is 1.65. The van der Waals surface area contributed by atoms with Crippen LogP contribution >= 0.6 is 11.5 Å². The maximum atomic E-state index is 11.9. The topological polar surface area (TPSA) is 68.9 Å². The number of nitrogens with zero attached hydrogens (tertiary/aromatic N) is 2. The first kappa shape index (κ1) is 7.99. The van der Waals surface area contributed by atoms with Gasteiger partial charge in [0, 0.05) is 0 Å². The normalized spacial score (nSPS) is 10.5. The molecule has 0 atom stereocenters. The summed E-state index contributed by atoms with van der Waals surface area (Å²) in [5, 5.41) is 3.05. The monoisotopic (exact) mass is 179 g/mol. The molecule has 4 nitrogen and oxygen atoms in total. The van der Waals surface area contributed by atoms with E-state index in [1.165, 1.54) is 0 Å². The molecular weight excluding hydrogens is 176 g/mol. The van der Waals surface area contributed by atoms with Gasteiger partial charge in [-0.25, -0.2) is 8.78 Å². The molecule has 0 fully saturated rings. The molecule has 0 bridgehead atoms. The number of aromatic nitrogens is 2. The third-order valence-corrected chi connectivity index (χ3v) is 1.70. The summed E-state index contributed by atoms with van der Waals surface area (Å²) < 4.78 is 27.0. The summed E-state index contributed by atoms with van der Waals surface area (Å²) >= 11 is 0.570. The van der Waals surface area contributed by atoms with E-state index in [1.54, 1.807) is 0 Å². The third kappa shape index (κ3) is 1.48. The second kappa shape index (κ2) is 2.87. The Morgan fingerprint density at radius 2 is 2.27 bits per heavy atom. The molecule has 0 aromatic carbocycles. The Morgan fingerprint density at radius 3 is 2.64 bits per heavy atom. The van der Waals surface area contributed by atoms with Gasteiger partial charge in [-0.2, -0.15) is 0 Å². The van der Waals surface area contributed by atoms with E-state index < -0.39 is 18.0 Å². The van der Waals surface area contributed by atoms with Gasteiger partial charge in [-0.15, -0.1) is 5.10 Å². The molecule has 1 aromatic heterocycles. The number of amides is 1. The maximum absolute atomic E-state index is 11.9. The molecule has 0 aliphatic heterocycles. The van der Waals surface area contributed by atoms with Gasteiger partial charge in [-0.3, -0.25) is 4.79 Å². The van der Waals surface area contributed by atoms with Gasteiger partial charge >= 0.3 is 0 Å². The second-order valence-corrected chi connectivity index (χ2v) is 2.41. The Bertz CT molecular complexity index is 274.